The minimum Gasteiger partial charge on any atom is -0.475 e. The van der Waals surface area contributed by atoms with Gasteiger partial charge in [0, 0.05) is 10.9 Å². The molecule has 0 aliphatic heterocycles. The van der Waals surface area contributed by atoms with Gasteiger partial charge >= 0.3 is 5.97 Å². The molecule has 3 nitrogen and oxygen atoms in total. The van der Waals surface area contributed by atoms with Gasteiger partial charge in [-0.25, -0.2) is 4.79 Å². The first-order valence-electron chi connectivity index (χ1n) is 7.46. The predicted molar refractivity (Wildman–Crippen MR) is 87.3 cm³/mol. The maximum atomic E-state index is 11.5. The highest BCUT2D eigenvalue weighted by molar-refractivity contribution is 6.05. The fraction of sp³-hybridized carbons (Fsp3) is 0.211. The van der Waals surface area contributed by atoms with Crippen molar-refractivity contribution in [2.24, 2.45) is 0 Å². The van der Waals surface area contributed by atoms with Gasteiger partial charge in [-0.2, -0.15) is 0 Å². The van der Waals surface area contributed by atoms with E-state index in [1.807, 2.05) is 37.3 Å². The molecule has 1 N–H and O–H groups in total. The van der Waals surface area contributed by atoms with Crippen LogP contribution in [0.3, 0.4) is 0 Å². The lowest BCUT2D eigenvalue weighted by Gasteiger charge is -2.04. The summed E-state index contributed by atoms with van der Waals surface area (Å²) in [6, 6.07) is 13.8. The van der Waals surface area contributed by atoms with Gasteiger partial charge in [0.25, 0.3) is 0 Å². The van der Waals surface area contributed by atoms with E-state index in [0.29, 0.717) is 11.1 Å². The minimum atomic E-state index is -1.04. The van der Waals surface area contributed by atoms with Crippen LogP contribution >= 0.6 is 0 Å². The zero-order valence-electron chi connectivity index (χ0n) is 12.7. The molecule has 112 valence electrons. The smallest absolute Gasteiger partial charge is 0.372 e. The van der Waals surface area contributed by atoms with Crippen LogP contribution in [0.15, 0.2) is 46.9 Å². The molecule has 0 amide bonds. The minimum absolute atomic E-state index is 0.00356. The first-order valence-corrected chi connectivity index (χ1v) is 7.46. The van der Waals surface area contributed by atoms with Gasteiger partial charge in [0.05, 0.1) is 0 Å². The van der Waals surface area contributed by atoms with E-state index in [0.717, 1.165) is 29.4 Å². The first-order chi connectivity index (χ1) is 10.6. The molecule has 0 radical (unpaired) electrons. The maximum Gasteiger partial charge on any atom is 0.372 e. The van der Waals surface area contributed by atoms with Crippen LogP contribution < -0.4 is 0 Å². The van der Waals surface area contributed by atoms with Gasteiger partial charge < -0.3 is 9.52 Å². The van der Waals surface area contributed by atoms with Gasteiger partial charge in [-0.1, -0.05) is 49.2 Å². The number of furan rings is 1. The van der Waals surface area contributed by atoms with Crippen molar-refractivity contribution in [1.82, 2.24) is 0 Å². The van der Waals surface area contributed by atoms with Gasteiger partial charge in [-0.05, 0) is 36.6 Å². The van der Waals surface area contributed by atoms with Crippen LogP contribution in [0.5, 0.6) is 0 Å². The number of aromatic carboxylic acids is 1. The summed E-state index contributed by atoms with van der Waals surface area (Å²) in [7, 11) is 0. The summed E-state index contributed by atoms with van der Waals surface area (Å²) in [6.07, 6.45) is 2.12. The molecule has 0 saturated carbocycles. The Kier molecular flexibility index (Phi) is 3.72. The summed E-state index contributed by atoms with van der Waals surface area (Å²) < 4.78 is 5.55. The highest BCUT2D eigenvalue weighted by Crippen LogP contribution is 2.35. The molecule has 0 unspecified atom stereocenters. The van der Waals surface area contributed by atoms with E-state index in [2.05, 4.69) is 19.1 Å². The summed E-state index contributed by atoms with van der Waals surface area (Å²) in [5.74, 6) is -1.04. The molecule has 3 aromatic rings. The second kappa shape index (κ2) is 5.68. The van der Waals surface area contributed by atoms with Crippen LogP contribution in [0, 0.1) is 6.92 Å². The number of aryl methyl sites for hydroxylation is 2. The van der Waals surface area contributed by atoms with E-state index < -0.39 is 5.97 Å². The van der Waals surface area contributed by atoms with Crippen LogP contribution in [0.2, 0.25) is 0 Å². The third-order valence-corrected chi connectivity index (χ3v) is 3.82. The monoisotopic (exact) mass is 294 g/mol. The van der Waals surface area contributed by atoms with Crippen molar-refractivity contribution >= 4 is 16.9 Å². The van der Waals surface area contributed by atoms with Crippen molar-refractivity contribution in [3.8, 4) is 11.1 Å². The molecule has 0 saturated heterocycles. The molecule has 0 bridgehead atoms. The first kappa shape index (κ1) is 14.4. The Balaban J connectivity index is 2.21. The van der Waals surface area contributed by atoms with Gasteiger partial charge in [-0.3, -0.25) is 0 Å². The normalized spacial score (nSPS) is 11.0. The Labute approximate surface area is 129 Å². The van der Waals surface area contributed by atoms with Gasteiger partial charge in [0.1, 0.15) is 5.58 Å². The van der Waals surface area contributed by atoms with E-state index in [1.165, 1.54) is 5.56 Å². The van der Waals surface area contributed by atoms with Crippen LogP contribution in [-0.2, 0) is 6.42 Å². The Morgan fingerprint density at radius 3 is 2.50 bits per heavy atom. The van der Waals surface area contributed by atoms with Crippen molar-refractivity contribution in [3.63, 3.8) is 0 Å². The SMILES string of the molecule is CCCc1ccc(-c2c(C(=O)O)oc3ccc(C)cc23)cc1. The lowest BCUT2D eigenvalue weighted by molar-refractivity contribution is 0.0666. The highest BCUT2D eigenvalue weighted by Gasteiger charge is 2.21. The third kappa shape index (κ3) is 2.50. The second-order valence-electron chi connectivity index (χ2n) is 5.56. The molecule has 1 aromatic heterocycles. The van der Waals surface area contributed by atoms with E-state index in [-0.39, 0.29) is 5.76 Å². The number of hydrogen-bond donors (Lipinski definition) is 1. The zero-order chi connectivity index (χ0) is 15.7. The Morgan fingerprint density at radius 2 is 1.86 bits per heavy atom. The molecule has 0 fully saturated rings. The molecular weight excluding hydrogens is 276 g/mol. The number of benzene rings is 2. The van der Waals surface area contributed by atoms with Crippen LogP contribution in [-0.4, -0.2) is 11.1 Å². The molecular formula is C19H18O3. The molecule has 1 heterocycles. The maximum absolute atomic E-state index is 11.5. The van der Waals surface area contributed by atoms with Crippen LogP contribution in [0.4, 0.5) is 0 Å². The summed E-state index contributed by atoms with van der Waals surface area (Å²) in [4.78, 5) is 11.5. The standard InChI is InChI=1S/C19H18O3/c1-3-4-13-6-8-14(9-7-13)17-15-11-12(2)5-10-16(15)22-18(17)19(20)21/h5-11H,3-4H2,1-2H3,(H,20,21). The van der Waals surface area contributed by atoms with E-state index in [1.54, 1.807) is 0 Å². The van der Waals surface area contributed by atoms with Gasteiger partial charge in [0.15, 0.2) is 0 Å². The second-order valence-corrected chi connectivity index (χ2v) is 5.56. The fourth-order valence-electron chi connectivity index (χ4n) is 2.78. The summed E-state index contributed by atoms with van der Waals surface area (Å²) in [5, 5.41) is 10.3. The van der Waals surface area contributed by atoms with E-state index >= 15 is 0 Å². The highest BCUT2D eigenvalue weighted by atomic mass is 16.4. The van der Waals surface area contributed by atoms with Crippen molar-refractivity contribution in [2.45, 2.75) is 26.7 Å². The lowest BCUT2D eigenvalue weighted by atomic mass is 9.98. The van der Waals surface area contributed by atoms with Crippen molar-refractivity contribution in [2.75, 3.05) is 0 Å². The third-order valence-electron chi connectivity index (χ3n) is 3.82. The zero-order valence-corrected chi connectivity index (χ0v) is 12.7. The summed E-state index contributed by atoms with van der Waals surface area (Å²) >= 11 is 0. The van der Waals surface area contributed by atoms with E-state index in [9.17, 15) is 9.90 Å². The van der Waals surface area contributed by atoms with Gasteiger partial charge in [-0.15, -0.1) is 0 Å². The average Bonchev–Trinajstić information content (AvgIpc) is 2.87. The summed E-state index contributed by atoms with van der Waals surface area (Å²) in [6.45, 7) is 4.13. The largest absolute Gasteiger partial charge is 0.475 e. The summed E-state index contributed by atoms with van der Waals surface area (Å²) in [5.41, 5.74) is 4.48. The lowest BCUT2D eigenvalue weighted by Crippen LogP contribution is -1.96. The van der Waals surface area contributed by atoms with Crippen molar-refractivity contribution in [1.29, 1.82) is 0 Å². The number of carboxylic acids is 1. The van der Waals surface area contributed by atoms with E-state index in [4.69, 9.17) is 4.42 Å². The number of carbonyl (C=O) groups is 1. The molecule has 0 aliphatic carbocycles. The topological polar surface area (TPSA) is 50.4 Å². The molecule has 3 heteroatoms. The number of fused-ring (bicyclic) bond motifs is 1. The molecule has 0 aliphatic rings. The number of carboxylic acid groups (broad SMARTS) is 1. The van der Waals surface area contributed by atoms with Crippen LogP contribution in [0.1, 0.15) is 35.0 Å². The Bertz CT molecular complexity index is 826. The van der Waals surface area contributed by atoms with Crippen molar-refractivity contribution < 1.29 is 14.3 Å². The number of rotatable bonds is 4. The van der Waals surface area contributed by atoms with Gasteiger partial charge in [0.2, 0.25) is 5.76 Å². The fourth-order valence-corrected chi connectivity index (χ4v) is 2.78. The average molecular weight is 294 g/mol. The quantitative estimate of drug-likeness (QED) is 0.731. The molecule has 2 aromatic carbocycles. The van der Waals surface area contributed by atoms with Crippen LogP contribution in [0.25, 0.3) is 22.1 Å². The van der Waals surface area contributed by atoms with Crippen molar-refractivity contribution in [3.05, 3.63) is 59.4 Å². The number of hydrogen-bond acceptors (Lipinski definition) is 2. The Morgan fingerprint density at radius 1 is 1.14 bits per heavy atom. The molecule has 22 heavy (non-hydrogen) atoms. The predicted octanol–water partition coefficient (Wildman–Crippen LogP) is 5.06. The molecule has 3 rings (SSSR count). The Hall–Kier alpha value is -2.55. The molecule has 0 spiro atoms. The molecule has 0 atom stereocenters.